The number of halogens is 1. The van der Waals surface area contributed by atoms with E-state index in [2.05, 4.69) is 10.6 Å². The van der Waals surface area contributed by atoms with Crippen molar-refractivity contribution in [3.8, 4) is 0 Å². The number of nitrogens with zero attached hydrogens (tertiary/aromatic N) is 1. The van der Waals surface area contributed by atoms with E-state index >= 15 is 0 Å². The zero-order chi connectivity index (χ0) is 26.5. The van der Waals surface area contributed by atoms with Gasteiger partial charge >= 0.3 is 6.09 Å². The van der Waals surface area contributed by atoms with Gasteiger partial charge in [0.15, 0.2) is 12.1 Å². The predicted octanol–water partition coefficient (Wildman–Crippen LogP) is 5.88. The lowest BCUT2D eigenvalue weighted by Gasteiger charge is -2.26. The average Bonchev–Trinajstić information content (AvgIpc) is 3.21. The summed E-state index contributed by atoms with van der Waals surface area (Å²) in [5, 5.41) is 6.31. The highest BCUT2D eigenvalue weighted by molar-refractivity contribution is 6.31. The van der Waals surface area contributed by atoms with Crippen LogP contribution in [0.4, 0.5) is 10.5 Å². The Labute approximate surface area is 221 Å². The number of ether oxygens (including phenoxy) is 1. The summed E-state index contributed by atoms with van der Waals surface area (Å²) < 4.78 is 5.76. The number of rotatable bonds is 8. The summed E-state index contributed by atoms with van der Waals surface area (Å²) in [6, 6.07) is 20.5. The van der Waals surface area contributed by atoms with E-state index in [9.17, 15) is 14.4 Å². The zero-order valence-corrected chi connectivity index (χ0v) is 21.8. The zero-order valence-electron chi connectivity index (χ0n) is 21.0. The quantitative estimate of drug-likeness (QED) is 0.389. The van der Waals surface area contributed by atoms with E-state index in [1.54, 1.807) is 48.5 Å². The van der Waals surface area contributed by atoms with Crippen LogP contribution in [0.5, 0.6) is 0 Å². The third-order valence-electron chi connectivity index (χ3n) is 6.39. The first-order valence-corrected chi connectivity index (χ1v) is 12.6. The fraction of sp³-hybridized carbons (Fsp3) is 0.276. The summed E-state index contributed by atoms with van der Waals surface area (Å²) in [5.41, 5.74) is 3.53. The lowest BCUT2D eigenvalue weighted by Crippen LogP contribution is -2.48. The molecule has 0 saturated carbocycles. The van der Waals surface area contributed by atoms with Gasteiger partial charge in [-0.05, 0) is 61.7 Å². The third kappa shape index (κ3) is 6.30. The van der Waals surface area contributed by atoms with Gasteiger partial charge in [0.1, 0.15) is 0 Å². The first kappa shape index (κ1) is 26.2. The number of hydrogen-bond acceptors (Lipinski definition) is 4. The van der Waals surface area contributed by atoms with E-state index in [0.29, 0.717) is 21.8 Å². The Kier molecular flexibility index (Phi) is 8.14. The second-order valence-corrected chi connectivity index (χ2v) is 9.71. The molecule has 1 saturated heterocycles. The van der Waals surface area contributed by atoms with Crippen LogP contribution in [0.25, 0.3) is 0 Å². The number of carbonyl (C=O) groups excluding carboxylic acids is 3. The van der Waals surface area contributed by atoms with E-state index in [0.717, 1.165) is 17.5 Å². The number of aryl methyl sites for hydroxylation is 1. The molecule has 3 aromatic carbocycles. The molecule has 2 N–H and O–H groups in total. The molecule has 0 aliphatic carbocycles. The first-order valence-electron chi connectivity index (χ1n) is 12.2. The molecule has 37 heavy (non-hydrogen) atoms. The summed E-state index contributed by atoms with van der Waals surface area (Å²) in [6.07, 6.45) is -0.658. The number of hydrogen-bond donors (Lipinski definition) is 2. The summed E-state index contributed by atoms with van der Waals surface area (Å²) in [4.78, 5) is 40.6. The molecule has 192 valence electrons. The van der Waals surface area contributed by atoms with E-state index in [1.165, 1.54) is 4.90 Å². The second kappa shape index (κ2) is 11.5. The monoisotopic (exact) mass is 519 g/mol. The van der Waals surface area contributed by atoms with Crippen molar-refractivity contribution >= 4 is 35.2 Å². The Morgan fingerprint density at radius 1 is 1.05 bits per heavy atom. The van der Waals surface area contributed by atoms with Crippen molar-refractivity contribution in [2.45, 2.75) is 51.9 Å². The third-order valence-corrected chi connectivity index (χ3v) is 6.62. The van der Waals surface area contributed by atoms with Crippen molar-refractivity contribution in [2.24, 2.45) is 0 Å². The maximum Gasteiger partial charge on any atom is 0.411 e. The summed E-state index contributed by atoms with van der Waals surface area (Å²) in [5.74, 6) is -0.610. The highest BCUT2D eigenvalue weighted by Gasteiger charge is 2.47. The Bertz CT molecular complexity index is 1290. The van der Waals surface area contributed by atoms with E-state index in [1.807, 2.05) is 45.0 Å². The summed E-state index contributed by atoms with van der Waals surface area (Å²) >= 11 is 6.02. The molecule has 4 rings (SSSR count). The van der Waals surface area contributed by atoms with Crippen molar-refractivity contribution in [1.82, 2.24) is 10.2 Å². The molecule has 1 heterocycles. The van der Waals surface area contributed by atoms with Crippen LogP contribution in [0.15, 0.2) is 72.8 Å². The molecule has 0 spiro atoms. The molecule has 0 unspecified atom stereocenters. The lowest BCUT2D eigenvalue weighted by atomic mass is 9.99. The molecular weight excluding hydrogens is 490 g/mol. The Balaban J connectivity index is 1.61. The van der Waals surface area contributed by atoms with Gasteiger partial charge in [0.05, 0.1) is 6.54 Å². The van der Waals surface area contributed by atoms with Crippen LogP contribution in [0.2, 0.25) is 5.02 Å². The summed E-state index contributed by atoms with van der Waals surface area (Å²) in [7, 11) is 0. The Morgan fingerprint density at radius 2 is 1.78 bits per heavy atom. The van der Waals surface area contributed by atoms with Crippen molar-refractivity contribution in [3.05, 3.63) is 100 Å². The largest absolute Gasteiger partial charge is 0.438 e. The molecule has 3 amide bonds. The van der Waals surface area contributed by atoms with Crippen molar-refractivity contribution in [3.63, 3.8) is 0 Å². The van der Waals surface area contributed by atoms with Gasteiger partial charge in [0.25, 0.3) is 5.91 Å². The SMILES string of the molecule is CC[C@H](C)NC(=O)[C@H]1[C@H](c2cccc(NC(=O)c3cccc(Cl)c3)c2)OC(=O)N1Cc1ccc(C)cc1. The minimum atomic E-state index is -0.873. The summed E-state index contributed by atoms with van der Waals surface area (Å²) in [6.45, 7) is 6.12. The van der Waals surface area contributed by atoms with Gasteiger partial charge in [-0.3, -0.25) is 14.5 Å². The van der Waals surface area contributed by atoms with Gasteiger partial charge in [0.2, 0.25) is 5.91 Å². The van der Waals surface area contributed by atoms with E-state index < -0.39 is 18.2 Å². The molecule has 8 heteroatoms. The fourth-order valence-electron chi connectivity index (χ4n) is 4.16. The molecular formula is C29H30ClN3O4. The average molecular weight is 520 g/mol. The maximum atomic E-state index is 13.4. The van der Waals surface area contributed by atoms with Crippen molar-refractivity contribution in [1.29, 1.82) is 0 Å². The smallest absolute Gasteiger partial charge is 0.411 e. The first-order chi connectivity index (χ1) is 17.7. The van der Waals surface area contributed by atoms with Crippen LogP contribution in [0, 0.1) is 6.92 Å². The van der Waals surface area contributed by atoms with Gasteiger partial charge in [-0.25, -0.2) is 4.79 Å². The number of cyclic esters (lactones) is 1. The van der Waals surface area contributed by atoms with Gasteiger partial charge in [-0.2, -0.15) is 0 Å². The number of anilines is 1. The molecule has 0 bridgehead atoms. The van der Waals surface area contributed by atoms with Crippen molar-refractivity contribution < 1.29 is 19.1 Å². The van der Waals surface area contributed by atoms with Crippen LogP contribution in [-0.4, -0.2) is 34.9 Å². The van der Waals surface area contributed by atoms with Gasteiger partial charge < -0.3 is 15.4 Å². The molecule has 1 fully saturated rings. The van der Waals surface area contributed by atoms with E-state index in [4.69, 9.17) is 16.3 Å². The van der Waals surface area contributed by atoms with Gasteiger partial charge in [-0.1, -0.05) is 66.6 Å². The molecule has 3 aromatic rings. The lowest BCUT2D eigenvalue weighted by molar-refractivity contribution is -0.127. The molecule has 0 aromatic heterocycles. The topological polar surface area (TPSA) is 87.7 Å². The molecule has 0 radical (unpaired) electrons. The number of carbonyl (C=O) groups is 3. The fourth-order valence-corrected chi connectivity index (χ4v) is 4.35. The van der Waals surface area contributed by atoms with Gasteiger partial charge in [0, 0.05) is 22.3 Å². The normalized spacial score (nSPS) is 17.7. The molecule has 3 atom stereocenters. The van der Waals surface area contributed by atoms with Gasteiger partial charge in [-0.15, -0.1) is 0 Å². The van der Waals surface area contributed by atoms with Crippen LogP contribution in [0.3, 0.4) is 0 Å². The standard InChI is InChI=1S/C29H30ClN3O4/c1-4-19(3)31-28(35)25-26(37-29(36)33(25)17-20-13-11-18(2)12-14-20)21-7-6-10-24(16-21)32-27(34)22-8-5-9-23(30)15-22/h5-16,19,25-26H,4,17H2,1-3H3,(H,31,35)(H,32,34)/t19-,25+,26-/m0/s1. The minimum Gasteiger partial charge on any atom is -0.438 e. The van der Waals surface area contributed by atoms with Crippen LogP contribution >= 0.6 is 11.6 Å². The maximum absolute atomic E-state index is 13.4. The molecule has 1 aliphatic rings. The van der Waals surface area contributed by atoms with Crippen LogP contribution in [0.1, 0.15) is 53.4 Å². The molecule has 1 aliphatic heterocycles. The number of nitrogens with one attached hydrogen (secondary N) is 2. The Morgan fingerprint density at radius 3 is 2.49 bits per heavy atom. The second-order valence-electron chi connectivity index (χ2n) is 9.27. The highest BCUT2D eigenvalue weighted by Crippen LogP contribution is 2.35. The minimum absolute atomic E-state index is 0.0617. The number of amides is 3. The predicted molar refractivity (Wildman–Crippen MR) is 143 cm³/mol. The number of benzene rings is 3. The highest BCUT2D eigenvalue weighted by atomic mass is 35.5. The van der Waals surface area contributed by atoms with Crippen LogP contribution < -0.4 is 10.6 Å². The van der Waals surface area contributed by atoms with Crippen LogP contribution in [-0.2, 0) is 16.1 Å². The molecule has 7 nitrogen and oxygen atoms in total. The van der Waals surface area contributed by atoms with Crippen molar-refractivity contribution in [2.75, 3.05) is 5.32 Å². The van der Waals surface area contributed by atoms with E-state index in [-0.39, 0.29) is 24.4 Å². The Hall–Kier alpha value is -3.84.